The zero-order valence-electron chi connectivity index (χ0n) is 7.03. The second-order valence-electron chi connectivity index (χ2n) is 3.04. The molecule has 0 saturated carbocycles. The molecule has 68 valence electrons. The van der Waals surface area contributed by atoms with Crippen molar-refractivity contribution in [2.45, 2.75) is 6.42 Å². The van der Waals surface area contributed by atoms with Gasteiger partial charge >= 0.3 is 0 Å². The molecule has 0 aromatic heterocycles. The minimum atomic E-state index is 0. The first-order chi connectivity index (χ1) is 5.93. The van der Waals surface area contributed by atoms with Crippen LogP contribution in [0.5, 0.6) is 0 Å². The van der Waals surface area contributed by atoms with Crippen molar-refractivity contribution in [2.24, 2.45) is 4.99 Å². The lowest BCUT2D eigenvalue weighted by Crippen LogP contribution is -2.29. The van der Waals surface area contributed by atoms with Crippen LogP contribution in [0, 0.1) is 0 Å². The Bertz CT molecular complexity index is 352. The summed E-state index contributed by atoms with van der Waals surface area (Å²) in [6, 6.07) is 0. The summed E-state index contributed by atoms with van der Waals surface area (Å²) in [5.74, 6) is 1.04. The molecular formula is C9H10ClN3. The topological polar surface area (TPSA) is 27.6 Å². The van der Waals surface area contributed by atoms with Crippen LogP contribution in [0.3, 0.4) is 0 Å². The highest BCUT2D eigenvalue weighted by molar-refractivity contribution is 6.07. The molecule has 0 bridgehead atoms. The van der Waals surface area contributed by atoms with Crippen molar-refractivity contribution in [2.75, 3.05) is 6.54 Å². The molecule has 2 heterocycles. The zero-order chi connectivity index (χ0) is 7.97. The van der Waals surface area contributed by atoms with Gasteiger partial charge in [0.15, 0.2) is 0 Å². The third-order valence-electron chi connectivity index (χ3n) is 2.25. The minimum absolute atomic E-state index is 0. The van der Waals surface area contributed by atoms with E-state index in [0.717, 1.165) is 18.8 Å². The average Bonchev–Trinajstić information content (AvgIpc) is 2.64. The van der Waals surface area contributed by atoms with E-state index in [1.165, 1.54) is 11.3 Å². The van der Waals surface area contributed by atoms with Gasteiger partial charge in [0.05, 0.1) is 5.71 Å². The van der Waals surface area contributed by atoms with E-state index in [2.05, 4.69) is 34.8 Å². The van der Waals surface area contributed by atoms with Crippen LogP contribution in [0.2, 0.25) is 0 Å². The number of nitrogens with zero attached hydrogens (tertiary/aromatic N) is 2. The van der Waals surface area contributed by atoms with Crippen molar-refractivity contribution in [1.82, 2.24) is 10.4 Å². The number of hydrazine groups is 1. The van der Waals surface area contributed by atoms with Crippen LogP contribution in [0.15, 0.2) is 40.8 Å². The predicted molar refractivity (Wildman–Crippen MR) is 54.4 cm³/mol. The number of allylic oxidation sites excluding steroid dienone is 3. The van der Waals surface area contributed by atoms with Gasteiger partial charge in [-0.05, 0) is 6.08 Å². The van der Waals surface area contributed by atoms with Gasteiger partial charge in [-0.15, -0.1) is 12.4 Å². The maximum absolute atomic E-state index is 4.52. The zero-order valence-corrected chi connectivity index (χ0v) is 7.84. The van der Waals surface area contributed by atoms with Crippen LogP contribution in [0.1, 0.15) is 6.42 Å². The maximum atomic E-state index is 4.52. The average molecular weight is 196 g/mol. The predicted octanol–water partition coefficient (Wildman–Crippen LogP) is 1.37. The molecule has 1 N–H and O–H groups in total. The van der Waals surface area contributed by atoms with E-state index in [-0.39, 0.29) is 12.4 Å². The highest BCUT2D eigenvalue weighted by atomic mass is 35.5. The maximum Gasteiger partial charge on any atom is 0.144 e. The Morgan fingerprint density at radius 2 is 2.38 bits per heavy atom. The summed E-state index contributed by atoms with van der Waals surface area (Å²) in [5, 5.41) is 1.98. The smallest absolute Gasteiger partial charge is 0.144 e. The van der Waals surface area contributed by atoms with E-state index in [4.69, 9.17) is 0 Å². The van der Waals surface area contributed by atoms with Crippen LogP contribution in [-0.2, 0) is 0 Å². The highest BCUT2D eigenvalue weighted by Gasteiger charge is 2.21. The summed E-state index contributed by atoms with van der Waals surface area (Å²) in [6.45, 7) is 0.888. The molecule has 0 atom stereocenters. The Morgan fingerprint density at radius 1 is 1.46 bits per heavy atom. The fourth-order valence-electron chi connectivity index (χ4n) is 1.64. The molecule has 0 radical (unpaired) electrons. The van der Waals surface area contributed by atoms with E-state index in [9.17, 15) is 0 Å². The Balaban J connectivity index is 0.000000653. The minimum Gasteiger partial charge on any atom is -0.266 e. The lowest BCUT2D eigenvalue weighted by atomic mass is 10.2. The molecular weight excluding hydrogens is 186 g/mol. The number of aliphatic imine (C=N–C) groups is 1. The molecule has 0 unspecified atom stereocenters. The fraction of sp³-hybridized carbons (Fsp3) is 0.222. The molecule has 4 heteroatoms. The van der Waals surface area contributed by atoms with E-state index >= 15 is 0 Å². The molecule has 1 aliphatic carbocycles. The molecule has 0 aromatic rings. The van der Waals surface area contributed by atoms with Crippen molar-refractivity contribution in [3.05, 3.63) is 35.8 Å². The highest BCUT2D eigenvalue weighted by Crippen LogP contribution is 2.24. The Hall–Kier alpha value is -1.06. The third-order valence-corrected chi connectivity index (χ3v) is 2.25. The van der Waals surface area contributed by atoms with Crippen molar-refractivity contribution in [1.29, 1.82) is 0 Å². The quantitative estimate of drug-likeness (QED) is 0.632. The van der Waals surface area contributed by atoms with Crippen LogP contribution < -0.4 is 5.43 Å². The summed E-state index contributed by atoms with van der Waals surface area (Å²) >= 11 is 0. The number of fused-ring (bicyclic) bond motifs is 2. The Kier molecular flexibility index (Phi) is 1.98. The molecule has 0 aromatic carbocycles. The molecule has 13 heavy (non-hydrogen) atoms. The summed E-state index contributed by atoms with van der Waals surface area (Å²) in [7, 11) is 0. The van der Waals surface area contributed by atoms with Gasteiger partial charge in [0.2, 0.25) is 0 Å². The van der Waals surface area contributed by atoms with Crippen LogP contribution in [0.4, 0.5) is 0 Å². The number of rotatable bonds is 0. The first-order valence-corrected chi connectivity index (χ1v) is 4.13. The standard InChI is InChI=1S/C9H9N3.ClH/c1-2-7-6-12-9(4-5-10-12)11-8(7)3-1;/h1-2,4,6,10H,3,5H2;1H. The molecule has 0 amide bonds. The number of nitrogens with one attached hydrogen (secondary N) is 1. The van der Waals surface area contributed by atoms with Crippen LogP contribution in [-0.4, -0.2) is 17.3 Å². The molecule has 0 saturated heterocycles. The van der Waals surface area contributed by atoms with Crippen LogP contribution in [0.25, 0.3) is 0 Å². The van der Waals surface area contributed by atoms with Crippen molar-refractivity contribution < 1.29 is 0 Å². The van der Waals surface area contributed by atoms with Crippen LogP contribution >= 0.6 is 12.4 Å². The summed E-state index contributed by atoms with van der Waals surface area (Å²) in [5.41, 5.74) is 5.63. The molecule has 0 spiro atoms. The van der Waals surface area contributed by atoms with Gasteiger partial charge in [0, 0.05) is 24.7 Å². The van der Waals surface area contributed by atoms with Gasteiger partial charge in [-0.3, -0.25) is 5.01 Å². The van der Waals surface area contributed by atoms with E-state index < -0.39 is 0 Å². The Morgan fingerprint density at radius 3 is 3.31 bits per heavy atom. The monoisotopic (exact) mass is 195 g/mol. The number of halogens is 1. The number of hydrogen-bond acceptors (Lipinski definition) is 3. The van der Waals surface area contributed by atoms with Gasteiger partial charge in [0.1, 0.15) is 5.82 Å². The lowest BCUT2D eigenvalue weighted by molar-refractivity contribution is 0.381. The van der Waals surface area contributed by atoms with Gasteiger partial charge in [-0.2, -0.15) is 0 Å². The summed E-state index contributed by atoms with van der Waals surface area (Å²) < 4.78 is 0. The summed E-state index contributed by atoms with van der Waals surface area (Å²) in [4.78, 5) is 4.52. The Labute approximate surface area is 82.9 Å². The normalized spacial score (nSPS) is 22.8. The van der Waals surface area contributed by atoms with Gasteiger partial charge in [-0.25, -0.2) is 10.4 Å². The second kappa shape index (κ2) is 3.01. The molecule has 3 aliphatic rings. The largest absolute Gasteiger partial charge is 0.266 e. The third kappa shape index (κ3) is 1.20. The lowest BCUT2D eigenvalue weighted by Gasteiger charge is -2.20. The van der Waals surface area contributed by atoms with E-state index in [0.29, 0.717) is 0 Å². The van der Waals surface area contributed by atoms with Gasteiger partial charge in [0.25, 0.3) is 0 Å². The van der Waals surface area contributed by atoms with E-state index in [1.807, 2.05) is 5.01 Å². The van der Waals surface area contributed by atoms with Gasteiger partial charge in [-0.1, -0.05) is 12.2 Å². The van der Waals surface area contributed by atoms with Crippen molar-refractivity contribution >= 4 is 18.1 Å². The molecule has 3 rings (SSSR count). The fourth-order valence-corrected chi connectivity index (χ4v) is 1.64. The first kappa shape index (κ1) is 8.53. The molecule has 0 fully saturated rings. The van der Waals surface area contributed by atoms with Crippen molar-refractivity contribution in [3.8, 4) is 0 Å². The van der Waals surface area contributed by atoms with Crippen molar-refractivity contribution in [3.63, 3.8) is 0 Å². The number of hydrogen-bond donors (Lipinski definition) is 1. The first-order valence-electron chi connectivity index (χ1n) is 4.13. The molecule has 3 nitrogen and oxygen atoms in total. The summed E-state index contributed by atoms with van der Waals surface area (Å²) in [6.07, 6.45) is 9.45. The van der Waals surface area contributed by atoms with Gasteiger partial charge < -0.3 is 0 Å². The van der Waals surface area contributed by atoms with E-state index in [1.54, 1.807) is 0 Å². The second-order valence-corrected chi connectivity index (χ2v) is 3.04. The SMILES string of the molecule is C1=CC2=CN3NCC=C3N=C2C1.Cl. The molecule has 2 aliphatic heterocycles.